The Hall–Kier alpha value is -8.20. The summed E-state index contributed by atoms with van der Waals surface area (Å²) in [7, 11) is 0. The van der Waals surface area contributed by atoms with E-state index in [1.54, 1.807) is 0 Å². The second-order valence-electron chi connectivity index (χ2n) is 20.5. The highest BCUT2D eigenvalue weighted by atomic mass is 15.1. The van der Waals surface area contributed by atoms with Gasteiger partial charge in [-0.3, -0.25) is 0 Å². The van der Waals surface area contributed by atoms with Gasteiger partial charge in [0.1, 0.15) is 0 Å². The summed E-state index contributed by atoms with van der Waals surface area (Å²) in [4.78, 5) is 4.78. The molecular weight excluding hydrogens is 833 g/mol. The molecule has 10 aromatic carbocycles. The Morgan fingerprint density at radius 1 is 0.217 bits per heavy atom. The van der Waals surface area contributed by atoms with E-state index in [0.717, 1.165) is 34.1 Å². The molecule has 0 bridgehead atoms. The molecule has 0 saturated heterocycles. The van der Waals surface area contributed by atoms with E-state index in [-0.39, 0.29) is 10.8 Å². The van der Waals surface area contributed by atoms with Gasteiger partial charge in [-0.1, -0.05) is 161 Å². The molecular formula is C67H50N2. The summed E-state index contributed by atoms with van der Waals surface area (Å²) < 4.78 is 0. The minimum atomic E-state index is -0.490. The lowest BCUT2D eigenvalue weighted by molar-refractivity contribution is 0.659. The fourth-order valence-corrected chi connectivity index (χ4v) is 13.0. The molecule has 14 rings (SSSR count). The van der Waals surface area contributed by atoms with E-state index in [1.165, 1.54) is 89.0 Å². The molecule has 0 radical (unpaired) electrons. The van der Waals surface area contributed by atoms with Gasteiger partial charge < -0.3 is 9.80 Å². The molecule has 0 unspecified atom stereocenters. The van der Waals surface area contributed by atoms with Crippen molar-refractivity contribution in [2.45, 2.75) is 43.9 Å². The van der Waals surface area contributed by atoms with Crippen LogP contribution < -0.4 is 9.80 Å². The van der Waals surface area contributed by atoms with Gasteiger partial charge in [-0.2, -0.15) is 0 Å². The van der Waals surface area contributed by atoms with Crippen LogP contribution in [0.3, 0.4) is 0 Å². The molecule has 69 heavy (non-hydrogen) atoms. The number of hydrogen-bond acceptors (Lipinski definition) is 2. The summed E-state index contributed by atoms with van der Waals surface area (Å²) in [5.74, 6) is 0. The molecule has 0 heterocycles. The first-order valence-corrected chi connectivity index (χ1v) is 24.4. The maximum Gasteiger partial charge on any atom is 0.0725 e. The smallest absolute Gasteiger partial charge is 0.0725 e. The topological polar surface area (TPSA) is 6.48 Å². The zero-order valence-corrected chi connectivity index (χ0v) is 39.3. The maximum absolute atomic E-state index is 2.61. The summed E-state index contributed by atoms with van der Waals surface area (Å²) in [6, 6.07) is 86.3. The number of rotatable bonds is 6. The Morgan fingerprint density at radius 2 is 0.493 bits per heavy atom. The van der Waals surface area contributed by atoms with Gasteiger partial charge in [-0.25, -0.2) is 0 Å². The van der Waals surface area contributed by atoms with E-state index in [0.29, 0.717) is 0 Å². The second kappa shape index (κ2) is 14.4. The molecule has 0 saturated carbocycles. The Kier molecular flexibility index (Phi) is 8.33. The molecule has 0 fully saturated rings. The number of para-hydroxylation sites is 4. The first-order chi connectivity index (χ1) is 33.7. The SMILES string of the molecule is CC1(C)c2cc(N(c3ccccc3)c3ccccc3)ccc2-c2cc3c(cc21)-c1cc2c(cc1C31c3ccccc3-c3ccccc31)-c1ccc(N(c3ccccc3)c3ccccc3)cc1C2(C)C. The van der Waals surface area contributed by atoms with Crippen molar-refractivity contribution in [3.63, 3.8) is 0 Å². The van der Waals surface area contributed by atoms with Gasteiger partial charge in [-0.15, -0.1) is 0 Å². The van der Waals surface area contributed by atoms with Crippen LogP contribution in [-0.4, -0.2) is 0 Å². The Labute approximate surface area is 405 Å². The molecule has 10 aromatic rings. The molecule has 2 nitrogen and oxygen atoms in total. The molecule has 4 aliphatic carbocycles. The van der Waals surface area contributed by atoms with E-state index in [9.17, 15) is 0 Å². The van der Waals surface area contributed by atoms with E-state index in [2.05, 4.69) is 268 Å². The van der Waals surface area contributed by atoms with E-state index in [1.807, 2.05) is 0 Å². The van der Waals surface area contributed by atoms with Gasteiger partial charge in [-0.05, 0) is 186 Å². The summed E-state index contributed by atoms with van der Waals surface area (Å²) >= 11 is 0. The van der Waals surface area contributed by atoms with Crippen molar-refractivity contribution < 1.29 is 0 Å². The summed E-state index contributed by atoms with van der Waals surface area (Å²) in [5.41, 5.74) is 27.6. The van der Waals surface area contributed by atoms with E-state index < -0.39 is 5.41 Å². The Bertz CT molecular complexity index is 3390. The molecule has 0 N–H and O–H groups in total. The van der Waals surface area contributed by atoms with Crippen LogP contribution in [0.1, 0.15) is 72.2 Å². The highest BCUT2D eigenvalue weighted by molar-refractivity contribution is 6.00. The monoisotopic (exact) mass is 882 g/mol. The largest absolute Gasteiger partial charge is 0.310 e. The van der Waals surface area contributed by atoms with Crippen molar-refractivity contribution in [2.75, 3.05) is 9.80 Å². The van der Waals surface area contributed by atoms with Crippen molar-refractivity contribution in [3.05, 3.63) is 275 Å². The molecule has 0 aromatic heterocycles. The van der Waals surface area contributed by atoms with Crippen LogP contribution in [0.25, 0.3) is 44.5 Å². The molecule has 2 heteroatoms. The molecule has 328 valence electrons. The fourth-order valence-electron chi connectivity index (χ4n) is 13.0. The average Bonchev–Trinajstić information content (AvgIpc) is 4.01. The lowest BCUT2D eigenvalue weighted by Crippen LogP contribution is -2.26. The van der Waals surface area contributed by atoms with Crippen molar-refractivity contribution in [1.29, 1.82) is 0 Å². The first kappa shape index (κ1) is 39.9. The number of nitrogens with zero attached hydrogens (tertiary/aromatic N) is 2. The van der Waals surface area contributed by atoms with Gasteiger partial charge in [0.05, 0.1) is 5.41 Å². The van der Waals surface area contributed by atoms with Crippen LogP contribution in [0.4, 0.5) is 34.1 Å². The van der Waals surface area contributed by atoms with Crippen LogP contribution in [0.2, 0.25) is 0 Å². The van der Waals surface area contributed by atoms with Crippen LogP contribution in [0, 0.1) is 0 Å². The zero-order valence-electron chi connectivity index (χ0n) is 39.3. The molecule has 0 atom stereocenters. The maximum atomic E-state index is 2.61. The van der Waals surface area contributed by atoms with Gasteiger partial charge >= 0.3 is 0 Å². The van der Waals surface area contributed by atoms with Crippen LogP contribution in [-0.2, 0) is 16.2 Å². The van der Waals surface area contributed by atoms with E-state index in [4.69, 9.17) is 0 Å². The third-order valence-electron chi connectivity index (χ3n) is 16.2. The predicted octanol–water partition coefficient (Wildman–Crippen LogP) is 17.6. The number of fused-ring (bicyclic) bond motifs is 16. The summed E-state index contributed by atoms with van der Waals surface area (Å²) in [6.45, 7) is 9.74. The second-order valence-corrected chi connectivity index (χ2v) is 20.5. The van der Waals surface area contributed by atoms with Crippen molar-refractivity contribution in [2.24, 2.45) is 0 Å². The first-order valence-electron chi connectivity index (χ1n) is 24.4. The summed E-state index contributed by atoms with van der Waals surface area (Å²) in [5, 5.41) is 0. The van der Waals surface area contributed by atoms with Crippen LogP contribution >= 0.6 is 0 Å². The minimum absolute atomic E-state index is 0.248. The zero-order chi connectivity index (χ0) is 46.2. The molecule has 0 amide bonds. The van der Waals surface area contributed by atoms with Gasteiger partial charge in [0, 0.05) is 45.0 Å². The number of hydrogen-bond donors (Lipinski definition) is 0. The normalized spacial score (nSPS) is 15.0. The molecule has 4 aliphatic rings. The lowest BCUT2D eigenvalue weighted by Gasteiger charge is -2.31. The Balaban J connectivity index is 0.979. The number of benzene rings is 10. The third kappa shape index (κ3) is 5.43. The standard InChI is InChI=1S/C67H50N2/c1-65(2)59-37-47(68(43-21-9-5-10-22-43)44-23-11-6-12-24-44)33-35-51(59)53-41-63-55(39-61(53)65)56-40-62-54(42-64(56)67(63)57-31-19-17-29-49(57)50-30-18-20-32-58(50)67)52-36-34-48(38-60(52)66(62,3)4)69(45-25-13-7-14-26-45)46-27-15-8-16-28-46/h5-42H,1-4H3. The van der Waals surface area contributed by atoms with Gasteiger partial charge in [0.2, 0.25) is 0 Å². The van der Waals surface area contributed by atoms with Crippen molar-refractivity contribution in [1.82, 2.24) is 0 Å². The van der Waals surface area contributed by atoms with Crippen molar-refractivity contribution >= 4 is 34.1 Å². The van der Waals surface area contributed by atoms with Crippen LogP contribution in [0.15, 0.2) is 231 Å². The van der Waals surface area contributed by atoms with Gasteiger partial charge in [0.15, 0.2) is 0 Å². The molecule has 1 spiro atoms. The number of anilines is 6. The Morgan fingerprint density at radius 3 is 0.855 bits per heavy atom. The summed E-state index contributed by atoms with van der Waals surface area (Å²) in [6.07, 6.45) is 0. The third-order valence-corrected chi connectivity index (χ3v) is 16.2. The lowest BCUT2D eigenvalue weighted by atomic mass is 9.69. The fraction of sp³-hybridized carbons (Fsp3) is 0.104. The highest BCUT2D eigenvalue weighted by Gasteiger charge is 2.54. The minimum Gasteiger partial charge on any atom is -0.310 e. The van der Waals surface area contributed by atoms with Crippen LogP contribution in [0.5, 0.6) is 0 Å². The molecule has 0 aliphatic heterocycles. The van der Waals surface area contributed by atoms with E-state index >= 15 is 0 Å². The highest BCUT2D eigenvalue weighted by Crippen LogP contribution is 2.67. The quantitative estimate of drug-likeness (QED) is 0.164. The van der Waals surface area contributed by atoms with Gasteiger partial charge in [0.25, 0.3) is 0 Å². The van der Waals surface area contributed by atoms with Crippen molar-refractivity contribution in [3.8, 4) is 44.5 Å². The average molecular weight is 883 g/mol. The predicted molar refractivity (Wildman–Crippen MR) is 287 cm³/mol.